The van der Waals surface area contributed by atoms with Gasteiger partial charge in [-0.15, -0.1) is 0 Å². The summed E-state index contributed by atoms with van der Waals surface area (Å²) in [6, 6.07) is 0.192. The summed E-state index contributed by atoms with van der Waals surface area (Å²) in [5, 5.41) is 12.5. The normalized spacial score (nSPS) is 31.1. The van der Waals surface area contributed by atoms with Crippen LogP contribution in [0.4, 0.5) is 26.3 Å². The van der Waals surface area contributed by atoms with Crippen molar-refractivity contribution in [3.05, 3.63) is 0 Å². The van der Waals surface area contributed by atoms with Crippen LogP contribution in [0.15, 0.2) is 0 Å². The summed E-state index contributed by atoms with van der Waals surface area (Å²) in [6.07, 6.45) is -13.8. The average Bonchev–Trinajstić information content (AvgIpc) is 3.03. The van der Waals surface area contributed by atoms with Crippen molar-refractivity contribution >= 4 is 0 Å². The zero-order chi connectivity index (χ0) is 15.9. The molecule has 0 aromatic carbocycles. The second-order valence-corrected chi connectivity index (χ2v) is 5.82. The summed E-state index contributed by atoms with van der Waals surface area (Å²) in [6.45, 7) is -0.327. The lowest BCUT2D eigenvalue weighted by Crippen LogP contribution is -2.49. The van der Waals surface area contributed by atoms with Crippen LogP contribution in [0.25, 0.3) is 0 Å². The maximum absolute atomic E-state index is 12.5. The Bertz CT molecular complexity index is 354. The van der Waals surface area contributed by atoms with Gasteiger partial charge in [0.05, 0.1) is 12.7 Å². The Balaban J connectivity index is 1.99. The molecule has 2 aliphatic rings. The van der Waals surface area contributed by atoms with Gasteiger partial charge in [-0.3, -0.25) is 0 Å². The Labute approximate surface area is 117 Å². The molecule has 9 heteroatoms. The van der Waals surface area contributed by atoms with Crippen LogP contribution >= 0.6 is 0 Å². The van der Waals surface area contributed by atoms with Gasteiger partial charge in [-0.25, -0.2) is 0 Å². The lowest BCUT2D eigenvalue weighted by molar-refractivity contribution is -0.330. The van der Waals surface area contributed by atoms with Crippen LogP contribution in [-0.4, -0.2) is 47.9 Å². The van der Waals surface area contributed by atoms with E-state index in [-0.39, 0.29) is 25.5 Å². The van der Waals surface area contributed by atoms with E-state index in [1.165, 1.54) is 0 Å². The fraction of sp³-hybridized carbons (Fsp3) is 1.00. The number of halogens is 6. The molecule has 0 radical (unpaired) electrons. The highest BCUT2D eigenvalue weighted by molar-refractivity contribution is 5.01. The maximum Gasteiger partial charge on any atom is 0.423 e. The molecule has 0 saturated heterocycles. The van der Waals surface area contributed by atoms with E-state index in [2.05, 4.69) is 10.1 Å². The molecule has 0 aliphatic heterocycles. The third-order valence-electron chi connectivity index (χ3n) is 3.88. The average molecular weight is 321 g/mol. The van der Waals surface area contributed by atoms with E-state index in [1.807, 2.05) is 0 Å². The van der Waals surface area contributed by atoms with Crippen LogP contribution < -0.4 is 5.32 Å². The minimum Gasteiger partial charge on any atom is -0.394 e. The van der Waals surface area contributed by atoms with E-state index < -0.39 is 30.1 Å². The van der Waals surface area contributed by atoms with Gasteiger partial charge < -0.3 is 15.2 Å². The first kappa shape index (κ1) is 16.8. The second kappa shape index (κ2) is 5.58. The van der Waals surface area contributed by atoms with Crippen LogP contribution in [0.2, 0.25) is 0 Å². The Morgan fingerprint density at radius 3 is 2.10 bits per heavy atom. The Kier molecular flexibility index (Phi) is 4.47. The molecule has 2 N–H and O–H groups in total. The van der Waals surface area contributed by atoms with E-state index in [4.69, 9.17) is 0 Å². The van der Waals surface area contributed by atoms with Crippen molar-refractivity contribution in [2.45, 2.75) is 68.2 Å². The molecule has 2 aliphatic carbocycles. The molecule has 2 atom stereocenters. The van der Waals surface area contributed by atoms with Crippen LogP contribution in [0.3, 0.4) is 0 Å². The zero-order valence-electron chi connectivity index (χ0n) is 11.1. The zero-order valence-corrected chi connectivity index (χ0v) is 11.1. The molecule has 2 rings (SSSR count). The van der Waals surface area contributed by atoms with E-state index in [9.17, 15) is 31.4 Å². The van der Waals surface area contributed by atoms with Crippen molar-refractivity contribution < 1.29 is 36.2 Å². The molecule has 124 valence electrons. The van der Waals surface area contributed by atoms with E-state index >= 15 is 0 Å². The standard InChI is InChI=1S/C12H17F6NO2/c13-11(14,15)9(12(16,17)18)21-8-3-4-10(5-8,6-20)19-7-1-2-7/h7-9,19-20H,1-6H2. The molecule has 21 heavy (non-hydrogen) atoms. The van der Waals surface area contributed by atoms with Gasteiger partial charge in [0.2, 0.25) is 6.10 Å². The lowest BCUT2D eigenvalue weighted by Gasteiger charge is -2.30. The van der Waals surface area contributed by atoms with Gasteiger partial charge in [0.15, 0.2) is 0 Å². The monoisotopic (exact) mass is 321 g/mol. The predicted octanol–water partition coefficient (Wildman–Crippen LogP) is 2.53. The molecule has 0 aromatic rings. The van der Waals surface area contributed by atoms with Gasteiger partial charge in [-0.1, -0.05) is 0 Å². The molecule has 2 fully saturated rings. The molecule has 0 bridgehead atoms. The van der Waals surface area contributed by atoms with Gasteiger partial charge in [0.25, 0.3) is 0 Å². The van der Waals surface area contributed by atoms with Crippen LogP contribution in [0.5, 0.6) is 0 Å². The number of alkyl halides is 6. The molecule has 2 saturated carbocycles. The largest absolute Gasteiger partial charge is 0.423 e. The first-order chi connectivity index (χ1) is 9.56. The molecule has 0 spiro atoms. The molecule has 2 unspecified atom stereocenters. The van der Waals surface area contributed by atoms with Gasteiger partial charge in [-0.2, -0.15) is 26.3 Å². The minimum atomic E-state index is -5.49. The third kappa shape index (κ3) is 4.23. The molecule has 3 nitrogen and oxygen atoms in total. The Morgan fingerprint density at radius 2 is 1.67 bits per heavy atom. The van der Waals surface area contributed by atoms with Crippen molar-refractivity contribution in [2.75, 3.05) is 6.61 Å². The lowest BCUT2D eigenvalue weighted by atomic mass is 9.98. The Hall–Kier alpha value is -0.540. The predicted molar refractivity (Wildman–Crippen MR) is 60.6 cm³/mol. The smallest absolute Gasteiger partial charge is 0.394 e. The number of rotatable bonds is 5. The quantitative estimate of drug-likeness (QED) is 0.765. The number of nitrogens with one attached hydrogen (secondary N) is 1. The Morgan fingerprint density at radius 1 is 1.10 bits per heavy atom. The number of hydrogen-bond donors (Lipinski definition) is 2. The highest BCUT2D eigenvalue weighted by Gasteiger charge is 2.59. The van der Waals surface area contributed by atoms with Crippen LogP contribution in [-0.2, 0) is 4.74 Å². The van der Waals surface area contributed by atoms with Gasteiger partial charge in [0.1, 0.15) is 0 Å². The number of ether oxygens (including phenoxy) is 1. The second-order valence-electron chi connectivity index (χ2n) is 5.82. The van der Waals surface area contributed by atoms with Crippen molar-refractivity contribution in [2.24, 2.45) is 0 Å². The van der Waals surface area contributed by atoms with E-state index in [1.54, 1.807) is 0 Å². The van der Waals surface area contributed by atoms with Crippen molar-refractivity contribution in [1.29, 1.82) is 0 Å². The summed E-state index contributed by atoms with van der Waals surface area (Å²) >= 11 is 0. The SMILES string of the molecule is OCC1(NC2CC2)CCC(OC(C(F)(F)F)C(F)(F)F)C1. The number of aliphatic hydroxyl groups excluding tert-OH is 1. The molecular formula is C12H17F6NO2. The summed E-state index contributed by atoms with van der Waals surface area (Å²) in [5.74, 6) is 0. The minimum absolute atomic E-state index is 0.0529. The van der Waals surface area contributed by atoms with Crippen LogP contribution in [0.1, 0.15) is 32.1 Å². The first-order valence-corrected chi connectivity index (χ1v) is 6.73. The number of hydrogen-bond acceptors (Lipinski definition) is 3. The maximum atomic E-state index is 12.5. The summed E-state index contributed by atoms with van der Waals surface area (Å²) in [4.78, 5) is 0. The highest BCUT2D eigenvalue weighted by Crippen LogP contribution is 2.41. The van der Waals surface area contributed by atoms with Crippen molar-refractivity contribution in [1.82, 2.24) is 5.32 Å². The third-order valence-corrected chi connectivity index (χ3v) is 3.88. The van der Waals surface area contributed by atoms with Crippen molar-refractivity contribution in [3.8, 4) is 0 Å². The molecule has 0 aromatic heterocycles. The van der Waals surface area contributed by atoms with Crippen molar-refractivity contribution in [3.63, 3.8) is 0 Å². The fourth-order valence-corrected chi connectivity index (χ4v) is 2.71. The van der Waals surface area contributed by atoms with Crippen LogP contribution in [0, 0.1) is 0 Å². The first-order valence-electron chi connectivity index (χ1n) is 6.73. The fourth-order valence-electron chi connectivity index (χ4n) is 2.71. The molecule has 0 amide bonds. The summed E-state index contributed by atoms with van der Waals surface area (Å²) in [5.41, 5.74) is -0.826. The topological polar surface area (TPSA) is 41.5 Å². The highest BCUT2D eigenvalue weighted by atomic mass is 19.4. The van der Waals surface area contributed by atoms with E-state index in [0.717, 1.165) is 12.8 Å². The number of aliphatic hydroxyl groups is 1. The van der Waals surface area contributed by atoms with Gasteiger partial charge in [-0.05, 0) is 32.1 Å². The summed E-state index contributed by atoms with van der Waals surface area (Å²) < 4.78 is 79.0. The van der Waals surface area contributed by atoms with E-state index in [0.29, 0.717) is 6.42 Å². The molecule has 0 heterocycles. The summed E-state index contributed by atoms with van der Waals surface area (Å²) in [7, 11) is 0. The van der Waals surface area contributed by atoms with Gasteiger partial charge in [0, 0.05) is 11.6 Å². The molecular weight excluding hydrogens is 304 g/mol. The van der Waals surface area contributed by atoms with Gasteiger partial charge >= 0.3 is 12.4 Å².